The van der Waals surface area contributed by atoms with Crippen LogP contribution in [-0.2, 0) is 4.79 Å². The summed E-state index contributed by atoms with van der Waals surface area (Å²) in [5.74, 6) is 2.95. The van der Waals surface area contributed by atoms with Gasteiger partial charge in [-0.25, -0.2) is 0 Å². The molecule has 17 heavy (non-hydrogen) atoms. The smallest absolute Gasteiger partial charge is 0.226 e. The molecule has 2 bridgehead atoms. The van der Waals surface area contributed by atoms with Crippen molar-refractivity contribution < 1.29 is 4.79 Å². The predicted octanol–water partition coefficient (Wildman–Crippen LogP) is 3.04. The molecule has 1 aliphatic heterocycles. The highest BCUT2D eigenvalue weighted by atomic mass is 35.5. The molecule has 1 heterocycles. The predicted molar refractivity (Wildman–Crippen MR) is 69.0 cm³/mol. The Bertz CT molecular complexity index is 307. The molecule has 0 aromatic rings. The Morgan fingerprint density at radius 2 is 2.06 bits per heavy atom. The summed E-state index contributed by atoms with van der Waals surface area (Å²) in [5.41, 5.74) is 0. The lowest BCUT2D eigenvalue weighted by Crippen LogP contribution is -2.48. The van der Waals surface area contributed by atoms with Crippen LogP contribution < -0.4 is 0 Å². The van der Waals surface area contributed by atoms with Crippen molar-refractivity contribution in [2.24, 2.45) is 17.8 Å². The number of hydrogen-bond donors (Lipinski definition) is 0. The molecule has 0 N–H and O–H groups in total. The largest absolute Gasteiger partial charge is 0.338 e. The minimum Gasteiger partial charge on any atom is -0.338 e. The zero-order valence-electron chi connectivity index (χ0n) is 10.4. The Kier molecular flexibility index (Phi) is 3.34. The van der Waals surface area contributed by atoms with Crippen molar-refractivity contribution in [3.63, 3.8) is 0 Å². The zero-order valence-corrected chi connectivity index (χ0v) is 11.2. The molecule has 0 spiro atoms. The Morgan fingerprint density at radius 3 is 2.71 bits per heavy atom. The molecule has 1 amide bonds. The second-order valence-corrected chi connectivity index (χ2v) is 6.43. The van der Waals surface area contributed by atoms with E-state index in [1.807, 2.05) is 0 Å². The Morgan fingerprint density at radius 1 is 1.18 bits per heavy atom. The van der Waals surface area contributed by atoms with E-state index in [2.05, 4.69) is 4.90 Å². The molecule has 2 saturated carbocycles. The lowest BCUT2D eigenvalue weighted by molar-refractivity contribution is -0.140. The molecule has 3 heteroatoms. The minimum absolute atomic E-state index is 0.317. The van der Waals surface area contributed by atoms with Gasteiger partial charge in [0.2, 0.25) is 5.91 Å². The fourth-order valence-electron chi connectivity index (χ4n) is 4.21. The average molecular weight is 256 g/mol. The lowest BCUT2D eigenvalue weighted by Gasteiger charge is -2.38. The van der Waals surface area contributed by atoms with Crippen molar-refractivity contribution in [2.75, 3.05) is 12.4 Å². The minimum atomic E-state index is 0.317. The summed E-state index contributed by atoms with van der Waals surface area (Å²) in [6.07, 6.45) is 8.65. The van der Waals surface area contributed by atoms with Gasteiger partial charge in [-0.3, -0.25) is 4.79 Å². The molecule has 4 atom stereocenters. The Balaban J connectivity index is 1.68. The van der Waals surface area contributed by atoms with Gasteiger partial charge in [0.05, 0.1) is 0 Å². The molecule has 4 unspecified atom stereocenters. The number of carbonyl (C=O) groups excluding carboxylic acids is 1. The lowest BCUT2D eigenvalue weighted by atomic mass is 9.86. The Labute approximate surface area is 109 Å². The Hall–Kier alpha value is -0.240. The second kappa shape index (κ2) is 4.79. The van der Waals surface area contributed by atoms with E-state index in [4.69, 9.17) is 11.6 Å². The van der Waals surface area contributed by atoms with Gasteiger partial charge in [0.25, 0.3) is 0 Å². The summed E-state index contributed by atoms with van der Waals surface area (Å²) >= 11 is 6.01. The monoisotopic (exact) mass is 255 g/mol. The van der Waals surface area contributed by atoms with Crippen molar-refractivity contribution in [3.05, 3.63) is 0 Å². The summed E-state index contributed by atoms with van der Waals surface area (Å²) < 4.78 is 0. The van der Waals surface area contributed by atoms with E-state index in [0.29, 0.717) is 29.7 Å². The summed E-state index contributed by atoms with van der Waals surface area (Å²) in [5, 5.41) is 0. The van der Waals surface area contributed by atoms with Gasteiger partial charge in [-0.15, -0.1) is 11.6 Å². The molecule has 0 aromatic heterocycles. The number of hydrogen-bond acceptors (Lipinski definition) is 1. The number of alkyl halides is 1. The average Bonchev–Trinajstić information content (AvgIpc) is 3.00. The van der Waals surface area contributed by atoms with E-state index in [9.17, 15) is 4.79 Å². The maximum absolute atomic E-state index is 12.6. The standard InChI is InChI=1S/C14H22ClNO/c15-9-12-3-1-2-6-16(12)14(17)13-8-10-4-5-11(13)7-10/h10-13H,1-9H2. The number of rotatable bonds is 2. The van der Waals surface area contributed by atoms with Crippen molar-refractivity contribution in [1.29, 1.82) is 0 Å². The van der Waals surface area contributed by atoms with Gasteiger partial charge >= 0.3 is 0 Å². The normalized spacial score (nSPS) is 40.9. The van der Waals surface area contributed by atoms with Crippen LogP contribution in [-0.4, -0.2) is 29.3 Å². The first-order chi connectivity index (χ1) is 8.29. The third kappa shape index (κ3) is 2.09. The van der Waals surface area contributed by atoms with E-state index in [0.717, 1.165) is 25.3 Å². The van der Waals surface area contributed by atoms with Gasteiger partial charge in [-0.1, -0.05) is 6.42 Å². The van der Waals surface area contributed by atoms with Gasteiger partial charge in [0, 0.05) is 24.4 Å². The first-order valence-corrected chi connectivity index (χ1v) is 7.69. The molecule has 3 rings (SSSR count). The fraction of sp³-hybridized carbons (Fsp3) is 0.929. The molecule has 0 aromatic carbocycles. The maximum atomic E-state index is 12.6. The van der Waals surface area contributed by atoms with Crippen LogP contribution in [0, 0.1) is 17.8 Å². The summed E-state index contributed by atoms with van der Waals surface area (Å²) in [6.45, 7) is 0.949. The molecule has 1 saturated heterocycles. The zero-order chi connectivity index (χ0) is 11.8. The molecular weight excluding hydrogens is 234 g/mol. The highest BCUT2D eigenvalue weighted by molar-refractivity contribution is 6.18. The van der Waals surface area contributed by atoms with Crippen molar-refractivity contribution in [1.82, 2.24) is 4.90 Å². The highest BCUT2D eigenvalue weighted by Gasteiger charge is 2.45. The highest BCUT2D eigenvalue weighted by Crippen LogP contribution is 2.49. The molecule has 96 valence electrons. The molecule has 2 aliphatic carbocycles. The van der Waals surface area contributed by atoms with E-state index in [-0.39, 0.29) is 0 Å². The van der Waals surface area contributed by atoms with Crippen LogP contribution in [0.5, 0.6) is 0 Å². The number of piperidine rings is 1. The fourth-order valence-corrected chi connectivity index (χ4v) is 4.53. The molecule has 3 fully saturated rings. The van der Waals surface area contributed by atoms with Gasteiger partial charge in [0.1, 0.15) is 0 Å². The van der Waals surface area contributed by atoms with E-state index in [1.165, 1.54) is 32.1 Å². The molecular formula is C14H22ClNO. The van der Waals surface area contributed by atoms with Gasteiger partial charge in [-0.05, 0) is 50.4 Å². The number of fused-ring (bicyclic) bond motifs is 2. The van der Waals surface area contributed by atoms with Crippen LogP contribution in [0.25, 0.3) is 0 Å². The third-order valence-corrected chi connectivity index (χ3v) is 5.50. The summed E-state index contributed by atoms with van der Waals surface area (Å²) in [7, 11) is 0. The number of carbonyl (C=O) groups is 1. The van der Waals surface area contributed by atoms with Crippen LogP contribution in [0.15, 0.2) is 0 Å². The maximum Gasteiger partial charge on any atom is 0.226 e. The third-order valence-electron chi connectivity index (χ3n) is 5.14. The van der Waals surface area contributed by atoms with E-state index in [1.54, 1.807) is 0 Å². The van der Waals surface area contributed by atoms with Crippen molar-refractivity contribution in [2.45, 2.75) is 51.0 Å². The summed E-state index contributed by atoms with van der Waals surface area (Å²) in [4.78, 5) is 14.7. The quantitative estimate of drug-likeness (QED) is 0.695. The number of nitrogens with zero attached hydrogens (tertiary/aromatic N) is 1. The first kappa shape index (κ1) is 11.8. The summed E-state index contributed by atoms with van der Waals surface area (Å²) in [6, 6.07) is 0.317. The van der Waals surface area contributed by atoms with Crippen LogP contribution in [0.3, 0.4) is 0 Å². The van der Waals surface area contributed by atoms with Crippen molar-refractivity contribution >= 4 is 17.5 Å². The van der Waals surface area contributed by atoms with Gasteiger partial charge in [0.15, 0.2) is 0 Å². The van der Waals surface area contributed by atoms with E-state index >= 15 is 0 Å². The second-order valence-electron chi connectivity index (χ2n) is 6.12. The SMILES string of the molecule is O=C(C1CC2CCC1C2)N1CCCCC1CCl. The topological polar surface area (TPSA) is 20.3 Å². The van der Waals surface area contributed by atoms with Crippen LogP contribution in [0.4, 0.5) is 0 Å². The van der Waals surface area contributed by atoms with Crippen LogP contribution in [0.2, 0.25) is 0 Å². The van der Waals surface area contributed by atoms with E-state index < -0.39 is 0 Å². The van der Waals surface area contributed by atoms with Gasteiger partial charge in [-0.2, -0.15) is 0 Å². The molecule has 0 radical (unpaired) electrons. The number of likely N-dealkylation sites (tertiary alicyclic amines) is 1. The number of halogens is 1. The number of amides is 1. The van der Waals surface area contributed by atoms with Gasteiger partial charge < -0.3 is 4.90 Å². The van der Waals surface area contributed by atoms with Crippen LogP contribution in [0.1, 0.15) is 44.9 Å². The first-order valence-electron chi connectivity index (χ1n) is 7.16. The van der Waals surface area contributed by atoms with Crippen LogP contribution >= 0.6 is 11.6 Å². The molecule has 3 aliphatic rings. The van der Waals surface area contributed by atoms with Crippen molar-refractivity contribution in [3.8, 4) is 0 Å². The molecule has 2 nitrogen and oxygen atoms in total.